The van der Waals surface area contributed by atoms with E-state index in [-0.39, 0.29) is 17.5 Å². The van der Waals surface area contributed by atoms with Crippen LogP contribution in [0.4, 0.5) is 22.4 Å². The van der Waals surface area contributed by atoms with E-state index >= 15 is 0 Å². The number of nitrogens with one attached hydrogen (secondary N) is 2. The Morgan fingerprint density at radius 2 is 1.75 bits per heavy atom. The van der Waals surface area contributed by atoms with E-state index in [9.17, 15) is 22.4 Å². The average molecular weight is 472 g/mol. The van der Waals surface area contributed by atoms with Crippen LogP contribution in [0.5, 0.6) is 0 Å². The van der Waals surface area contributed by atoms with Gasteiger partial charge in [-0.3, -0.25) is 4.98 Å². The molecule has 2 amide bonds. The first kappa shape index (κ1) is 24.3. The quantitative estimate of drug-likeness (QED) is 0.494. The molecular formula is C23H26ClF4N3O. The number of carbonyl (C=O) groups excluding carboxylic acids is 1. The van der Waals surface area contributed by atoms with Crippen molar-refractivity contribution in [3.63, 3.8) is 0 Å². The summed E-state index contributed by atoms with van der Waals surface area (Å²) in [6.45, 7) is 3.54. The minimum absolute atomic E-state index is 0.00505. The fourth-order valence-electron chi connectivity index (χ4n) is 4.43. The lowest BCUT2D eigenvalue weighted by Gasteiger charge is -2.43. The summed E-state index contributed by atoms with van der Waals surface area (Å²) >= 11 is 6.01. The fourth-order valence-corrected chi connectivity index (χ4v) is 4.55. The molecule has 1 aliphatic carbocycles. The lowest BCUT2D eigenvalue weighted by atomic mass is 9.68. The van der Waals surface area contributed by atoms with Crippen LogP contribution in [0.25, 0.3) is 0 Å². The molecule has 1 heterocycles. The molecule has 1 aromatic heterocycles. The highest BCUT2D eigenvalue weighted by Crippen LogP contribution is 2.45. The second-order valence-corrected chi connectivity index (χ2v) is 8.92. The average Bonchev–Trinajstić information content (AvgIpc) is 2.72. The maximum absolute atomic E-state index is 14.5. The number of nitrogens with zero attached hydrogens (tertiary/aromatic N) is 1. The van der Waals surface area contributed by atoms with Gasteiger partial charge in [-0.05, 0) is 68.5 Å². The lowest BCUT2D eigenvalue weighted by molar-refractivity contribution is -0.137. The fraction of sp³-hybridized carbons (Fsp3) is 0.478. The van der Waals surface area contributed by atoms with Crippen LogP contribution in [0.1, 0.15) is 62.8 Å². The summed E-state index contributed by atoms with van der Waals surface area (Å²) in [6, 6.07) is 4.77. The summed E-state index contributed by atoms with van der Waals surface area (Å²) in [5.41, 5.74) is -2.27. The van der Waals surface area contributed by atoms with Crippen molar-refractivity contribution in [2.45, 2.75) is 63.7 Å². The van der Waals surface area contributed by atoms with Crippen molar-refractivity contribution in [1.29, 1.82) is 0 Å². The molecule has 0 radical (unpaired) electrons. The van der Waals surface area contributed by atoms with E-state index in [1.807, 2.05) is 0 Å². The summed E-state index contributed by atoms with van der Waals surface area (Å²) < 4.78 is 55.2. The van der Waals surface area contributed by atoms with Crippen molar-refractivity contribution in [1.82, 2.24) is 15.6 Å². The van der Waals surface area contributed by atoms with E-state index in [0.29, 0.717) is 29.6 Å². The molecule has 1 fully saturated rings. The molecule has 2 N–H and O–H groups in total. The van der Waals surface area contributed by atoms with Gasteiger partial charge in [0.2, 0.25) is 0 Å². The molecule has 174 valence electrons. The van der Waals surface area contributed by atoms with Crippen molar-refractivity contribution in [2.24, 2.45) is 5.92 Å². The second-order valence-electron chi connectivity index (χ2n) is 8.48. The molecule has 9 heteroatoms. The number of amides is 2. The number of alkyl halides is 3. The Labute approximate surface area is 189 Å². The molecule has 1 saturated carbocycles. The monoisotopic (exact) mass is 471 g/mol. The predicted molar refractivity (Wildman–Crippen MR) is 115 cm³/mol. The molecule has 1 aliphatic rings. The smallest absolute Gasteiger partial charge is 0.336 e. The van der Waals surface area contributed by atoms with E-state index in [1.165, 1.54) is 6.20 Å². The Bertz CT molecular complexity index is 943. The van der Waals surface area contributed by atoms with Gasteiger partial charge in [-0.15, -0.1) is 0 Å². The number of hydrogen-bond donors (Lipinski definition) is 2. The normalized spacial score (nSPS) is 17.1. The second kappa shape index (κ2) is 9.65. The van der Waals surface area contributed by atoms with E-state index in [1.54, 1.807) is 26.0 Å². The van der Waals surface area contributed by atoms with E-state index in [0.717, 1.165) is 31.4 Å². The van der Waals surface area contributed by atoms with E-state index in [4.69, 9.17) is 11.6 Å². The zero-order valence-electron chi connectivity index (χ0n) is 17.9. The zero-order valence-corrected chi connectivity index (χ0v) is 18.7. The summed E-state index contributed by atoms with van der Waals surface area (Å²) in [7, 11) is 0. The summed E-state index contributed by atoms with van der Waals surface area (Å²) in [5, 5.41) is 5.97. The molecule has 1 atom stereocenters. The predicted octanol–water partition coefficient (Wildman–Crippen LogP) is 6.42. The van der Waals surface area contributed by atoms with Gasteiger partial charge in [0.1, 0.15) is 11.4 Å². The van der Waals surface area contributed by atoms with Crippen LogP contribution >= 0.6 is 11.6 Å². The lowest BCUT2D eigenvalue weighted by Crippen LogP contribution is -2.56. The van der Waals surface area contributed by atoms with Crippen LogP contribution in [0.2, 0.25) is 5.02 Å². The standard InChI is InChI=1S/C23H26ClF4N3O/c1-14(2)30-21(32)31-22(15-6-4-3-5-7-15,20-9-8-18(24)13-29-20)16-10-17(23(26,27)28)12-19(25)11-16/h8-15H,3-7H2,1-2H3,(H2,30,31,32)/t22-/m0/s1. The van der Waals surface area contributed by atoms with Crippen molar-refractivity contribution >= 4 is 17.6 Å². The van der Waals surface area contributed by atoms with Gasteiger partial charge in [0, 0.05) is 12.2 Å². The van der Waals surface area contributed by atoms with Crippen LogP contribution in [-0.4, -0.2) is 17.1 Å². The largest absolute Gasteiger partial charge is 0.416 e. The van der Waals surface area contributed by atoms with Crippen LogP contribution in [-0.2, 0) is 11.7 Å². The van der Waals surface area contributed by atoms with Gasteiger partial charge >= 0.3 is 12.2 Å². The van der Waals surface area contributed by atoms with Gasteiger partial charge in [-0.1, -0.05) is 30.9 Å². The highest BCUT2D eigenvalue weighted by Gasteiger charge is 2.46. The number of hydrogen-bond acceptors (Lipinski definition) is 2. The van der Waals surface area contributed by atoms with E-state index in [2.05, 4.69) is 15.6 Å². The maximum atomic E-state index is 14.5. The third kappa shape index (κ3) is 5.34. The molecule has 3 rings (SSSR count). The van der Waals surface area contributed by atoms with Gasteiger partial charge in [0.15, 0.2) is 0 Å². The molecule has 0 unspecified atom stereocenters. The Kier molecular flexibility index (Phi) is 7.32. The molecule has 32 heavy (non-hydrogen) atoms. The van der Waals surface area contributed by atoms with Crippen molar-refractivity contribution < 1.29 is 22.4 Å². The highest BCUT2D eigenvalue weighted by molar-refractivity contribution is 6.30. The van der Waals surface area contributed by atoms with Gasteiger partial charge in [-0.25, -0.2) is 9.18 Å². The minimum Gasteiger partial charge on any atom is -0.336 e. The Morgan fingerprint density at radius 1 is 1.09 bits per heavy atom. The van der Waals surface area contributed by atoms with Crippen LogP contribution in [0.15, 0.2) is 36.5 Å². The van der Waals surface area contributed by atoms with Crippen molar-refractivity contribution in [3.8, 4) is 0 Å². The third-order valence-corrected chi connectivity index (χ3v) is 5.98. The van der Waals surface area contributed by atoms with Crippen LogP contribution in [0, 0.1) is 11.7 Å². The van der Waals surface area contributed by atoms with Gasteiger partial charge in [0.25, 0.3) is 0 Å². The zero-order chi connectivity index (χ0) is 23.5. The molecule has 1 aromatic carbocycles. The molecule has 0 aliphatic heterocycles. The first-order valence-electron chi connectivity index (χ1n) is 10.6. The number of pyridine rings is 1. The molecule has 0 spiro atoms. The Hall–Kier alpha value is -2.35. The number of urea groups is 1. The summed E-state index contributed by atoms with van der Waals surface area (Å²) in [5.74, 6) is -1.32. The number of benzene rings is 1. The van der Waals surface area contributed by atoms with Crippen molar-refractivity contribution in [2.75, 3.05) is 0 Å². The van der Waals surface area contributed by atoms with Gasteiger partial charge in [-0.2, -0.15) is 13.2 Å². The van der Waals surface area contributed by atoms with Gasteiger partial charge < -0.3 is 10.6 Å². The summed E-state index contributed by atoms with van der Waals surface area (Å²) in [4.78, 5) is 17.3. The Morgan fingerprint density at radius 3 is 2.31 bits per heavy atom. The van der Waals surface area contributed by atoms with E-state index < -0.39 is 29.1 Å². The van der Waals surface area contributed by atoms with Gasteiger partial charge in [0.05, 0.1) is 16.3 Å². The third-order valence-electron chi connectivity index (χ3n) is 5.76. The highest BCUT2D eigenvalue weighted by atomic mass is 35.5. The maximum Gasteiger partial charge on any atom is 0.416 e. The first-order chi connectivity index (χ1) is 15.0. The molecule has 0 saturated heterocycles. The number of carbonyl (C=O) groups is 1. The Balaban J connectivity index is 2.28. The van der Waals surface area contributed by atoms with Crippen LogP contribution < -0.4 is 10.6 Å². The number of rotatable bonds is 5. The molecular weight excluding hydrogens is 446 g/mol. The first-order valence-corrected chi connectivity index (χ1v) is 11.0. The van der Waals surface area contributed by atoms with Crippen LogP contribution in [0.3, 0.4) is 0 Å². The molecule has 0 bridgehead atoms. The van der Waals surface area contributed by atoms with Crippen molar-refractivity contribution in [3.05, 3.63) is 64.2 Å². The summed E-state index contributed by atoms with van der Waals surface area (Å²) in [6.07, 6.45) is 0.580. The molecule has 4 nitrogen and oxygen atoms in total. The number of aromatic nitrogens is 1. The SMILES string of the molecule is CC(C)NC(=O)N[C@@](c1cc(F)cc(C(F)(F)F)c1)(c1ccc(Cl)cn1)C1CCCCC1. The number of halogens is 5. The molecule has 2 aromatic rings. The minimum atomic E-state index is -4.75. The topological polar surface area (TPSA) is 54.0 Å².